The van der Waals surface area contributed by atoms with E-state index in [0.29, 0.717) is 18.5 Å². The maximum Gasteiger partial charge on any atom is 0.408 e. The number of amides is 3. The van der Waals surface area contributed by atoms with Crippen LogP contribution in [0.1, 0.15) is 40.0 Å². The fraction of sp³-hybridized carbons (Fsp3) is 0.600. The minimum atomic E-state index is -1.66. The standard InChI is InChI=1S/C20H25N3O7S/c1-20(2,3)30-19(28)21-13-16(25)23-14(18(26)27)11(9-31(29)17(13)23)8-10-6-7-22(15(10)24)12-4-5-12/h8,12-13,17H,4-7,9H2,1-3H3,(H,21,28)(H,26,27)/b10-8-/t13-,17-,31+/m1/s1. The molecule has 1 saturated carbocycles. The number of carbonyl (C=O) groups excluding carboxylic acids is 3. The summed E-state index contributed by atoms with van der Waals surface area (Å²) in [4.78, 5) is 52.0. The van der Waals surface area contributed by atoms with Gasteiger partial charge in [-0.1, -0.05) is 0 Å². The van der Waals surface area contributed by atoms with Gasteiger partial charge in [-0.2, -0.15) is 0 Å². The molecule has 0 spiro atoms. The molecule has 0 aromatic heterocycles. The highest BCUT2D eigenvalue weighted by molar-refractivity contribution is 7.86. The van der Waals surface area contributed by atoms with Crippen LogP contribution in [-0.4, -0.2) is 78.3 Å². The average molecular weight is 452 g/mol. The van der Waals surface area contributed by atoms with Gasteiger partial charge in [0.1, 0.15) is 22.7 Å². The van der Waals surface area contributed by atoms with Gasteiger partial charge in [0.15, 0.2) is 0 Å². The fourth-order valence-electron chi connectivity index (χ4n) is 4.06. The molecule has 0 aromatic carbocycles. The van der Waals surface area contributed by atoms with Gasteiger partial charge in [-0.25, -0.2) is 9.59 Å². The van der Waals surface area contributed by atoms with Gasteiger partial charge in [-0.15, -0.1) is 0 Å². The van der Waals surface area contributed by atoms with Crippen molar-refractivity contribution in [1.29, 1.82) is 0 Å². The Labute approximate surface area is 181 Å². The average Bonchev–Trinajstić information content (AvgIpc) is 3.42. The summed E-state index contributed by atoms with van der Waals surface area (Å²) in [5, 5.41) is 11.2. The Balaban J connectivity index is 1.58. The van der Waals surface area contributed by atoms with Crippen LogP contribution in [0.4, 0.5) is 4.79 Å². The lowest BCUT2D eigenvalue weighted by Gasteiger charge is -2.48. The van der Waals surface area contributed by atoms with Crippen LogP contribution in [-0.2, 0) is 29.9 Å². The highest BCUT2D eigenvalue weighted by Crippen LogP contribution is 2.37. The van der Waals surface area contributed by atoms with E-state index in [-0.39, 0.29) is 29.0 Å². The lowest BCUT2D eigenvalue weighted by atomic mass is 10.0. The third-order valence-electron chi connectivity index (χ3n) is 5.52. The van der Waals surface area contributed by atoms with E-state index in [0.717, 1.165) is 17.7 Å². The van der Waals surface area contributed by atoms with E-state index >= 15 is 0 Å². The first-order valence-electron chi connectivity index (χ1n) is 10.2. The molecule has 3 fully saturated rings. The molecule has 0 unspecified atom stereocenters. The molecule has 0 aromatic rings. The molecule has 4 aliphatic rings. The summed E-state index contributed by atoms with van der Waals surface area (Å²) in [6.45, 7) is 5.58. The molecule has 168 valence electrons. The number of nitrogens with one attached hydrogen (secondary N) is 1. The summed E-state index contributed by atoms with van der Waals surface area (Å²) in [6.07, 6.45) is 3.07. The van der Waals surface area contributed by atoms with E-state index in [1.807, 2.05) is 0 Å². The number of β-lactam (4-membered cyclic amide) rings is 1. The zero-order chi connectivity index (χ0) is 22.7. The number of carbonyl (C=O) groups is 4. The third kappa shape index (κ3) is 3.98. The van der Waals surface area contributed by atoms with Crippen LogP contribution in [0, 0.1) is 0 Å². The molecule has 3 aliphatic heterocycles. The van der Waals surface area contributed by atoms with Gasteiger partial charge in [0.25, 0.3) is 5.91 Å². The van der Waals surface area contributed by atoms with Gasteiger partial charge < -0.3 is 20.1 Å². The fourth-order valence-corrected chi connectivity index (χ4v) is 5.69. The smallest absolute Gasteiger partial charge is 0.408 e. The first kappa shape index (κ1) is 21.5. The Kier molecular flexibility index (Phi) is 5.19. The van der Waals surface area contributed by atoms with Crippen molar-refractivity contribution in [3.63, 3.8) is 0 Å². The Morgan fingerprint density at radius 1 is 1.26 bits per heavy atom. The molecule has 2 saturated heterocycles. The summed E-state index contributed by atoms with van der Waals surface area (Å²) in [7, 11) is -1.66. The van der Waals surface area contributed by atoms with Crippen LogP contribution in [0.5, 0.6) is 0 Å². The quantitative estimate of drug-likeness (QED) is 0.469. The maximum atomic E-state index is 12.9. The molecular weight excluding hydrogens is 426 g/mol. The number of allylic oxidation sites excluding steroid dienone is 1. The zero-order valence-electron chi connectivity index (χ0n) is 17.5. The predicted molar refractivity (Wildman–Crippen MR) is 109 cm³/mol. The van der Waals surface area contributed by atoms with E-state index in [9.17, 15) is 28.5 Å². The van der Waals surface area contributed by atoms with Crippen LogP contribution < -0.4 is 5.32 Å². The van der Waals surface area contributed by atoms with Gasteiger partial charge in [0.05, 0.1) is 16.6 Å². The molecule has 10 nitrogen and oxygen atoms in total. The van der Waals surface area contributed by atoms with Crippen LogP contribution in [0.3, 0.4) is 0 Å². The highest BCUT2D eigenvalue weighted by Gasteiger charge is 2.57. The number of hydrogen-bond acceptors (Lipinski definition) is 6. The lowest BCUT2D eigenvalue weighted by Crippen LogP contribution is -2.73. The number of carboxylic acids is 1. The van der Waals surface area contributed by atoms with Crippen molar-refractivity contribution in [2.45, 2.75) is 63.1 Å². The molecular formula is C20H25N3O7S. The number of hydrogen-bond donors (Lipinski definition) is 2. The van der Waals surface area contributed by atoms with Crippen molar-refractivity contribution in [3.05, 3.63) is 22.9 Å². The van der Waals surface area contributed by atoms with Crippen LogP contribution in [0.2, 0.25) is 0 Å². The van der Waals surface area contributed by atoms with E-state index in [4.69, 9.17) is 4.74 Å². The summed E-state index contributed by atoms with van der Waals surface area (Å²) in [5.74, 6) is -2.27. The lowest BCUT2D eigenvalue weighted by molar-refractivity contribution is -0.149. The normalized spacial score (nSPS) is 29.8. The number of rotatable bonds is 4. The molecule has 3 heterocycles. The summed E-state index contributed by atoms with van der Waals surface area (Å²) in [6, 6.07) is -0.870. The number of aliphatic carboxylic acids is 1. The molecule has 2 N–H and O–H groups in total. The number of ether oxygens (including phenoxy) is 1. The molecule has 0 bridgehead atoms. The SMILES string of the molecule is CC(C)(C)OC(=O)N[C@@H]1C(=O)N2C(C(=O)O)=C(/C=C3/CCN(C4CC4)C3=O)C[S@](=O)[C@H]12. The summed E-state index contributed by atoms with van der Waals surface area (Å²) < 4.78 is 18.0. The van der Waals surface area contributed by atoms with Crippen molar-refractivity contribution >= 4 is 34.7 Å². The number of alkyl carbamates (subject to hydrolysis) is 1. The van der Waals surface area contributed by atoms with Crippen molar-refractivity contribution in [1.82, 2.24) is 15.1 Å². The van der Waals surface area contributed by atoms with Crippen LogP contribution in [0.25, 0.3) is 0 Å². The number of nitrogens with zero attached hydrogens (tertiary/aromatic N) is 2. The number of carboxylic acid groups (broad SMARTS) is 1. The maximum absolute atomic E-state index is 12.9. The number of fused-ring (bicyclic) bond motifs is 1. The zero-order valence-corrected chi connectivity index (χ0v) is 18.4. The van der Waals surface area contributed by atoms with Gasteiger partial charge in [-0.3, -0.25) is 18.7 Å². The Hall–Kier alpha value is -2.69. The van der Waals surface area contributed by atoms with E-state index in [1.54, 1.807) is 25.7 Å². The Morgan fingerprint density at radius 3 is 2.52 bits per heavy atom. The minimum absolute atomic E-state index is 0.122. The Bertz CT molecular complexity index is 960. The van der Waals surface area contributed by atoms with E-state index in [2.05, 4.69) is 5.32 Å². The second-order valence-electron chi connectivity index (χ2n) is 9.08. The van der Waals surface area contributed by atoms with Crippen molar-refractivity contribution < 1.29 is 33.2 Å². The molecule has 3 amide bonds. The molecule has 11 heteroatoms. The molecule has 1 aliphatic carbocycles. The molecule has 31 heavy (non-hydrogen) atoms. The summed E-state index contributed by atoms with van der Waals surface area (Å²) in [5.41, 5.74) is -0.419. The van der Waals surface area contributed by atoms with Gasteiger partial charge in [0.2, 0.25) is 5.91 Å². The van der Waals surface area contributed by atoms with E-state index < -0.39 is 45.8 Å². The third-order valence-corrected chi connectivity index (χ3v) is 7.14. The monoisotopic (exact) mass is 451 g/mol. The summed E-state index contributed by atoms with van der Waals surface area (Å²) >= 11 is 0. The molecule has 4 rings (SSSR count). The molecule has 3 atom stereocenters. The highest BCUT2D eigenvalue weighted by atomic mass is 32.2. The largest absolute Gasteiger partial charge is 0.477 e. The minimum Gasteiger partial charge on any atom is -0.477 e. The first-order valence-corrected chi connectivity index (χ1v) is 11.5. The van der Waals surface area contributed by atoms with Crippen molar-refractivity contribution in [3.8, 4) is 0 Å². The van der Waals surface area contributed by atoms with Crippen LogP contribution in [0.15, 0.2) is 22.9 Å². The van der Waals surface area contributed by atoms with Gasteiger partial charge in [0, 0.05) is 18.2 Å². The Morgan fingerprint density at radius 2 is 1.94 bits per heavy atom. The first-order chi connectivity index (χ1) is 14.5. The predicted octanol–water partition coefficient (Wildman–Crippen LogP) is 0.470. The number of likely N-dealkylation sites (tertiary alicyclic amines) is 1. The van der Waals surface area contributed by atoms with Crippen molar-refractivity contribution in [2.24, 2.45) is 0 Å². The van der Waals surface area contributed by atoms with Gasteiger partial charge in [-0.05, 0) is 51.7 Å². The van der Waals surface area contributed by atoms with Gasteiger partial charge >= 0.3 is 12.1 Å². The topological polar surface area (TPSA) is 133 Å². The molecule has 0 radical (unpaired) electrons. The van der Waals surface area contributed by atoms with E-state index in [1.165, 1.54) is 6.08 Å². The van der Waals surface area contributed by atoms with Crippen molar-refractivity contribution in [2.75, 3.05) is 12.3 Å². The second kappa shape index (κ2) is 7.47. The van der Waals surface area contributed by atoms with Crippen LogP contribution >= 0.6 is 0 Å². The second-order valence-corrected chi connectivity index (χ2v) is 10.6.